The minimum Gasteiger partial charge on any atom is -0.468 e. The summed E-state index contributed by atoms with van der Waals surface area (Å²) in [6, 6.07) is 8.60. The van der Waals surface area contributed by atoms with Gasteiger partial charge in [0.15, 0.2) is 0 Å². The van der Waals surface area contributed by atoms with E-state index >= 15 is 0 Å². The number of hydrogen-bond donors (Lipinski definition) is 0. The van der Waals surface area contributed by atoms with Gasteiger partial charge in [0.25, 0.3) is 0 Å². The molecule has 0 saturated carbocycles. The van der Waals surface area contributed by atoms with Gasteiger partial charge in [-0.2, -0.15) is 0 Å². The van der Waals surface area contributed by atoms with Crippen LogP contribution in [0.1, 0.15) is 28.4 Å². The van der Waals surface area contributed by atoms with Crippen LogP contribution in [0.3, 0.4) is 0 Å². The summed E-state index contributed by atoms with van der Waals surface area (Å²) in [6.45, 7) is 9.80. The number of likely N-dealkylation sites (tertiary alicyclic amines) is 2. The van der Waals surface area contributed by atoms with E-state index in [0.717, 1.165) is 32.0 Å². The molecule has 2 fully saturated rings. The summed E-state index contributed by atoms with van der Waals surface area (Å²) in [7, 11) is 1.84. The lowest BCUT2D eigenvalue weighted by Crippen LogP contribution is -2.44. The van der Waals surface area contributed by atoms with Gasteiger partial charge >= 0.3 is 0 Å². The first-order chi connectivity index (χ1) is 12.7. The zero-order valence-electron chi connectivity index (χ0n) is 15.9. The van der Waals surface area contributed by atoms with Crippen LogP contribution in [0.15, 0.2) is 34.9 Å². The van der Waals surface area contributed by atoms with Crippen molar-refractivity contribution in [1.29, 1.82) is 0 Å². The summed E-state index contributed by atoms with van der Waals surface area (Å²) < 4.78 is 11.2. The Hall–Kier alpha value is -1.14. The highest BCUT2D eigenvalue weighted by atomic mass is 32.1. The third-order valence-electron chi connectivity index (χ3n) is 6.24. The Morgan fingerprint density at radius 1 is 1.19 bits per heavy atom. The van der Waals surface area contributed by atoms with Crippen molar-refractivity contribution in [2.75, 3.05) is 39.9 Å². The number of furan rings is 1. The minimum atomic E-state index is 0.407. The number of aryl methyl sites for hydroxylation is 1. The Kier molecular flexibility index (Phi) is 5.50. The average molecular weight is 375 g/mol. The third-order valence-corrected chi connectivity index (χ3v) is 7.22. The molecule has 26 heavy (non-hydrogen) atoms. The van der Waals surface area contributed by atoms with E-state index in [4.69, 9.17) is 9.15 Å². The highest BCUT2D eigenvalue weighted by molar-refractivity contribution is 7.11. The van der Waals surface area contributed by atoms with Crippen molar-refractivity contribution in [3.8, 4) is 0 Å². The number of ether oxygens (including phenoxy) is 1. The Bertz CT molecular complexity index is 689. The monoisotopic (exact) mass is 374 g/mol. The van der Waals surface area contributed by atoms with Gasteiger partial charge in [-0.3, -0.25) is 9.80 Å². The molecule has 5 heteroatoms. The molecule has 0 aromatic carbocycles. The zero-order valence-corrected chi connectivity index (χ0v) is 16.8. The second kappa shape index (κ2) is 7.85. The molecule has 0 bridgehead atoms. The first kappa shape index (κ1) is 18.2. The maximum absolute atomic E-state index is 5.60. The predicted molar refractivity (Wildman–Crippen MR) is 105 cm³/mol. The first-order valence-corrected chi connectivity index (χ1v) is 10.5. The van der Waals surface area contributed by atoms with Gasteiger partial charge in [-0.05, 0) is 62.5 Å². The molecule has 142 valence electrons. The number of piperidine rings is 1. The molecular weight excluding hydrogens is 344 g/mol. The van der Waals surface area contributed by atoms with E-state index in [9.17, 15) is 0 Å². The van der Waals surface area contributed by atoms with E-state index in [1.807, 2.05) is 24.5 Å². The summed E-state index contributed by atoms with van der Waals surface area (Å²) >= 11 is 1.94. The highest BCUT2D eigenvalue weighted by Gasteiger charge is 2.47. The number of hydrogen-bond acceptors (Lipinski definition) is 5. The largest absolute Gasteiger partial charge is 0.468 e. The van der Waals surface area contributed by atoms with Crippen LogP contribution in [-0.2, 0) is 17.8 Å². The van der Waals surface area contributed by atoms with Crippen LogP contribution in [0.5, 0.6) is 0 Å². The first-order valence-electron chi connectivity index (χ1n) is 9.68. The summed E-state index contributed by atoms with van der Waals surface area (Å²) in [4.78, 5) is 8.12. The molecular formula is C21H30N2O2S. The quantitative estimate of drug-likeness (QED) is 0.764. The molecule has 2 aliphatic rings. The average Bonchev–Trinajstić information content (AvgIpc) is 3.34. The lowest BCUT2D eigenvalue weighted by Gasteiger charge is -2.42. The SMILES string of the molecule is COCC1CN(Cc2ccco2)CC12CCN(Cc1ccc(C)s1)CC2. The van der Waals surface area contributed by atoms with Crippen LogP contribution >= 0.6 is 11.3 Å². The number of rotatable bonds is 6. The molecule has 0 aliphatic carbocycles. The summed E-state index contributed by atoms with van der Waals surface area (Å²) in [6.07, 6.45) is 4.33. The van der Waals surface area contributed by atoms with Crippen molar-refractivity contribution in [3.63, 3.8) is 0 Å². The zero-order chi connectivity index (χ0) is 18.0. The molecule has 0 amide bonds. The van der Waals surface area contributed by atoms with E-state index < -0.39 is 0 Å². The molecule has 2 aromatic heterocycles. The van der Waals surface area contributed by atoms with Gasteiger partial charge in [0.1, 0.15) is 5.76 Å². The second-order valence-electron chi connectivity index (χ2n) is 8.05. The van der Waals surface area contributed by atoms with Gasteiger partial charge in [0.2, 0.25) is 0 Å². The summed E-state index contributed by atoms with van der Waals surface area (Å²) in [5, 5.41) is 0. The third kappa shape index (κ3) is 3.91. The van der Waals surface area contributed by atoms with Crippen LogP contribution in [0.2, 0.25) is 0 Å². The van der Waals surface area contributed by atoms with Crippen LogP contribution in [0.4, 0.5) is 0 Å². The molecule has 1 spiro atoms. The highest BCUT2D eigenvalue weighted by Crippen LogP contribution is 2.45. The molecule has 0 radical (unpaired) electrons. The van der Waals surface area contributed by atoms with Gasteiger partial charge in [-0.1, -0.05) is 0 Å². The van der Waals surface area contributed by atoms with Gasteiger partial charge in [-0.15, -0.1) is 11.3 Å². The van der Waals surface area contributed by atoms with Crippen LogP contribution in [0.25, 0.3) is 0 Å². The Balaban J connectivity index is 1.38. The fraction of sp³-hybridized carbons (Fsp3) is 0.619. The lowest BCUT2D eigenvalue weighted by atomic mass is 9.71. The smallest absolute Gasteiger partial charge is 0.117 e. The number of thiophene rings is 1. The lowest BCUT2D eigenvalue weighted by molar-refractivity contribution is 0.0352. The van der Waals surface area contributed by atoms with Gasteiger partial charge in [0.05, 0.1) is 19.4 Å². The number of nitrogens with zero attached hydrogens (tertiary/aromatic N) is 2. The standard InChI is InChI=1S/C21H30N2O2S/c1-17-5-6-20(26-17)14-22-9-7-21(8-10-22)16-23(12-18(21)15-24-2)13-19-4-3-11-25-19/h3-6,11,18H,7-10,12-16H2,1-2H3. The van der Waals surface area contributed by atoms with Gasteiger partial charge < -0.3 is 9.15 Å². The molecule has 2 aromatic rings. The van der Waals surface area contributed by atoms with Crippen molar-refractivity contribution in [3.05, 3.63) is 46.0 Å². The fourth-order valence-corrected chi connectivity index (χ4v) is 5.76. The maximum Gasteiger partial charge on any atom is 0.117 e. The maximum atomic E-state index is 5.60. The van der Waals surface area contributed by atoms with Crippen molar-refractivity contribution in [1.82, 2.24) is 9.80 Å². The molecule has 4 rings (SSSR count). The van der Waals surface area contributed by atoms with Crippen LogP contribution < -0.4 is 0 Å². The summed E-state index contributed by atoms with van der Waals surface area (Å²) in [5.74, 6) is 1.71. The predicted octanol–water partition coefficient (Wildman–Crippen LogP) is 4.01. The van der Waals surface area contributed by atoms with Gasteiger partial charge in [0, 0.05) is 42.4 Å². The molecule has 1 atom stereocenters. The van der Waals surface area contributed by atoms with Crippen LogP contribution in [0, 0.1) is 18.3 Å². The van der Waals surface area contributed by atoms with E-state index in [-0.39, 0.29) is 0 Å². The Morgan fingerprint density at radius 2 is 2.04 bits per heavy atom. The van der Waals surface area contributed by atoms with E-state index in [2.05, 4.69) is 34.9 Å². The van der Waals surface area contributed by atoms with Crippen molar-refractivity contribution < 1.29 is 9.15 Å². The van der Waals surface area contributed by atoms with E-state index in [1.165, 1.54) is 42.2 Å². The van der Waals surface area contributed by atoms with Gasteiger partial charge in [-0.25, -0.2) is 0 Å². The van der Waals surface area contributed by atoms with Crippen molar-refractivity contribution in [2.45, 2.75) is 32.9 Å². The molecule has 4 nitrogen and oxygen atoms in total. The molecule has 0 N–H and O–H groups in total. The number of methoxy groups -OCH3 is 1. The van der Waals surface area contributed by atoms with Crippen molar-refractivity contribution in [2.24, 2.45) is 11.3 Å². The Morgan fingerprint density at radius 3 is 2.69 bits per heavy atom. The topological polar surface area (TPSA) is 28.9 Å². The summed E-state index contributed by atoms with van der Waals surface area (Å²) in [5.41, 5.74) is 0.407. The molecule has 2 saturated heterocycles. The molecule has 1 unspecified atom stereocenters. The van der Waals surface area contributed by atoms with Crippen molar-refractivity contribution >= 4 is 11.3 Å². The fourth-order valence-electron chi connectivity index (χ4n) is 4.83. The van der Waals surface area contributed by atoms with E-state index in [1.54, 1.807) is 6.26 Å². The van der Waals surface area contributed by atoms with Crippen LogP contribution in [-0.4, -0.2) is 49.7 Å². The molecule has 4 heterocycles. The molecule has 2 aliphatic heterocycles. The normalized spacial score (nSPS) is 23.8. The Labute approximate surface area is 160 Å². The minimum absolute atomic E-state index is 0.407. The van der Waals surface area contributed by atoms with E-state index in [0.29, 0.717) is 11.3 Å². The second-order valence-corrected chi connectivity index (χ2v) is 9.42.